The fourth-order valence-corrected chi connectivity index (χ4v) is 14.5. The van der Waals surface area contributed by atoms with Crippen molar-refractivity contribution in [3.05, 3.63) is 41.5 Å². The summed E-state index contributed by atoms with van der Waals surface area (Å²) in [5, 5.41) is 3.63. The lowest BCUT2D eigenvalue weighted by molar-refractivity contribution is -0.217. The van der Waals surface area contributed by atoms with Crippen molar-refractivity contribution in [3.8, 4) is 0 Å². The minimum atomic E-state index is -2.96. The Morgan fingerprint density at radius 1 is 0.854 bits per heavy atom. The summed E-state index contributed by atoms with van der Waals surface area (Å²) in [6.07, 6.45) is 14.3. The van der Waals surface area contributed by atoms with E-state index in [2.05, 4.69) is 58.1 Å². The first-order chi connectivity index (χ1) is 22.6. The van der Waals surface area contributed by atoms with Crippen LogP contribution in [0.15, 0.2) is 30.3 Å². The summed E-state index contributed by atoms with van der Waals surface area (Å²) >= 11 is 0. The average molecular weight is 679 g/mol. The molecule has 5 fully saturated rings. The molecule has 8 atom stereocenters. The smallest absolute Gasteiger partial charge is 0.337 e. The van der Waals surface area contributed by atoms with Crippen molar-refractivity contribution in [1.82, 2.24) is 10.2 Å². The minimum Gasteiger partial charge on any atom is -0.465 e. The molecule has 7 rings (SSSR count). The zero-order valence-electron chi connectivity index (χ0n) is 30.2. The summed E-state index contributed by atoms with van der Waals surface area (Å²) in [4.78, 5) is 27.6. The zero-order valence-corrected chi connectivity index (χ0v) is 31.0. The van der Waals surface area contributed by atoms with Crippen LogP contribution in [-0.2, 0) is 19.4 Å². The summed E-state index contributed by atoms with van der Waals surface area (Å²) in [6.45, 7) is 14.1. The second-order valence-corrected chi connectivity index (χ2v) is 20.2. The monoisotopic (exact) mass is 678 g/mol. The first kappa shape index (κ1) is 34.3. The summed E-state index contributed by atoms with van der Waals surface area (Å²) in [5.74, 6) is 2.49. The van der Waals surface area contributed by atoms with Gasteiger partial charge in [-0.1, -0.05) is 59.2 Å². The lowest BCUT2D eigenvalue weighted by Crippen LogP contribution is -2.68. The molecule has 7 nitrogen and oxygen atoms in total. The second kappa shape index (κ2) is 11.7. The van der Waals surface area contributed by atoms with E-state index in [-0.39, 0.29) is 50.6 Å². The van der Waals surface area contributed by atoms with Crippen LogP contribution in [0.25, 0.3) is 5.57 Å². The van der Waals surface area contributed by atoms with Crippen LogP contribution in [-0.4, -0.2) is 69.0 Å². The number of rotatable bonds is 5. The van der Waals surface area contributed by atoms with Gasteiger partial charge in [-0.15, -0.1) is 0 Å². The number of sulfone groups is 1. The third-order valence-electron chi connectivity index (χ3n) is 15.7. The van der Waals surface area contributed by atoms with Gasteiger partial charge in [-0.3, -0.25) is 9.69 Å². The zero-order chi connectivity index (χ0) is 34.3. The van der Waals surface area contributed by atoms with E-state index in [1.54, 1.807) is 0 Å². The summed E-state index contributed by atoms with van der Waals surface area (Å²) in [7, 11) is -1.53. The third kappa shape index (κ3) is 5.15. The summed E-state index contributed by atoms with van der Waals surface area (Å²) < 4.78 is 28.8. The number of amides is 1. The Bertz CT molecular complexity index is 1590. The van der Waals surface area contributed by atoms with Crippen LogP contribution >= 0.6 is 0 Å². The van der Waals surface area contributed by atoms with Crippen LogP contribution < -0.4 is 5.32 Å². The van der Waals surface area contributed by atoms with Crippen molar-refractivity contribution in [2.45, 2.75) is 104 Å². The molecule has 0 radical (unpaired) electrons. The molecule has 1 heterocycles. The highest BCUT2D eigenvalue weighted by atomic mass is 32.2. The van der Waals surface area contributed by atoms with Gasteiger partial charge >= 0.3 is 5.97 Å². The molecule has 0 spiro atoms. The second-order valence-electron chi connectivity index (χ2n) is 17.9. The van der Waals surface area contributed by atoms with Crippen molar-refractivity contribution < 1.29 is 22.7 Å². The van der Waals surface area contributed by atoms with E-state index >= 15 is 0 Å². The molecule has 1 saturated heterocycles. The maximum Gasteiger partial charge on any atom is 0.337 e. The predicted octanol–water partition coefficient (Wildman–Crippen LogP) is 6.92. The third-order valence-corrected chi connectivity index (χ3v) is 17.4. The Balaban J connectivity index is 1.11. The number of nitrogens with one attached hydrogen (secondary N) is 1. The van der Waals surface area contributed by atoms with Gasteiger partial charge < -0.3 is 10.1 Å². The van der Waals surface area contributed by atoms with Gasteiger partial charge in [-0.2, -0.15) is 0 Å². The van der Waals surface area contributed by atoms with Crippen LogP contribution in [0.4, 0.5) is 0 Å². The van der Waals surface area contributed by atoms with Crippen molar-refractivity contribution >= 4 is 27.3 Å². The summed E-state index contributed by atoms with van der Waals surface area (Å²) in [6, 6.07) is 8.02. The molecule has 1 aromatic carbocycles. The van der Waals surface area contributed by atoms with Crippen LogP contribution in [0.1, 0.15) is 115 Å². The highest BCUT2D eigenvalue weighted by Gasteiger charge is 2.69. The van der Waals surface area contributed by atoms with Crippen molar-refractivity contribution in [2.75, 3.05) is 38.2 Å². The average Bonchev–Trinajstić information content (AvgIpc) is 3.45. The number of fused-ring (bicyclic) bond motifs is 7. The van der Waals surface area contributed by atoms with E-state index in [0.29, 0.717) is 48.9 Å². The van der Waals surface area contributed by atoms with E-state index in [1.165, 1.54) is 63.2 Å². The van der Waals surface area contributed by atoms with Crippen LogP contribution in [0.3, 0.4) is 0 Å². The first-order valence-electron chi connectivity index (χ1n) is 18.7. The lowest BCUT2D eigenvalue weighted by Gasteiger charge is -2.72. The standard InChI is InChI=1S/C40H58N2O5S/c1-36(2)29(27-9-11-28(12-10-27)35(44)47-6)15-18-37(3)32(36)16-19-39(5)33(37)14-13-30-31-8-7-17-40(31,21-20-38(30,39)4)41-34(43)26-42-22-24-48(45,46)25-23-42/h9-12,15,30-33H,7-8,13-14,16-26H2,1-6H3,(H,41,43)/t30?,31?,32?,33?,37?,38-,39?,40?/m1/s1. The molecule has 264 valence electrons. The van der Waals surface area contributed by atoms with E-state index in [9.17, 15) is 18.0 Å². The fourth-order valence-electron chi connectivity index (χ4n) is 13.2. The highest BCUT2D eigenvalue weighted by Crippen LogP contribution is 2.76. The maximum absolute atomic E-state index is 13.5. The van der Waals surface area contributed by atoms with Gasteiger partial charge in [0, 0.05) is 18.6 Å². The number of nitrogens with zero attached hydrogens (tertiary/aromatic N) is 1. The molecule has 7 unspecified atom stereocenters. The normalized spacial score (nSPS) is 41.5. The molecule has 1 aromatic rings. The Kier molecular flexibility index (Phi) is 8.34. The Hall–Kier alpha value is -2.19. The molecule has 0 aromatic heterocycles. The minimum absolute atomic E-state index is 0.0227. The predicted molar refractivity (Wildman–Crippen MR) is 190 cm³/mol. The molecule has 4 saturated carbocycles. The SMILES string of the molecule is COC(=O)c1ccc(C2=CCC3(C)C(CCC4(C)C3CCC3C5CCCC5(NC(=O)CN5CCS(=O)(=O)CC5)CC[C@]34C)C2(C)C)cc1. The fraction of sp³-hybridized carbons (Fsp3) is 0.750. The number of benzene rings is 1. The molecule has 5 aliphatic carbocycles. The highest BCUT2D eigenvalue weighted by molar-refractivity contribution is 7.91. The van der Waals surface area contributed by atoms with Gasteiger partial charge in [-0.25, -0.2) is 13.2 Å². The number of carbonyl (C=O) groups is 2. The van der Waals surface area contributed by atoms with E-state index < -0.39 is 9.84 Å². The number of hydrogen-bond donors (Lipinski definition) is 1. The number of esters is 1. The number of carbonyl (C=O) groups excluding carboxylic acids is 2. The molecule has 0 bridgehead atoms. The maximum atomic E-state index is 13.5. The van der Waals surface area contributed by atoms with E-state index in [1.807, 2.05) is 17.0 Å². The lowest BCUT2D eigenvalue weighted by atomic mass is 9.33. The molecule has 48 heavy (non-hydrogen) atoms. The first-order valence-corrected chi connectivity index (χ1v) is 20.5. The molecular weight excluding hydrogens is 621 g/mol. The molecular formula is C40H58N2O5S. The van der Waals surface area contributed by atoms with Crippen molar-refractivity contribution in [3.63, 3.8) is 0 Å². The van der Waals surface area contributed by atoms with E-state index in [4.69, 9.17) is 4.74 Å². The van der Waals surface area contributed by atoms with Gasteiger partial charge in [0.25, 0.3) is 0 Å². The number of methoxy groups -OCH3 is 1. The largest absolute Gasteiger partial charge is 0.465 e. The summed E-state index contributed by atoms with van der Waals surface area (Å²) in [5.41, 5.74) is 3.86. The Morgan fingerprint density at radius 3 is 2.25 bits per heavy atom. The molecule has 8 heteroatoms. The number of hydrogen-bond acceptors (Lipinski definition) is 6. The van der Waals surface area contributed by atoms with Gasteiger partial charge in [0.2, 0.25) is 5.91 Å². The molecule has 1 aliphatic heterocycles. The molecule has 1 amide bonds. The van der Waals surface area contributed by atoms with Crippen molar-refractivity contribution in [1.29, 1.82) is 0 Å². The number of ether oxygens (including phenoxy) is 1. The van der Waals surface area contributed by atoms with E-state index in [0.717, 1.165) is 19.3 Å². The van der Waals surface area contributed by atoms with Gasteiger partial charge in [0.1, 0.15) is 0 Å². The Morgan fingerprint density at radius 2 is 1.56 bits per heavy atom. The quantitative estimate of drug-likeness (QED) is 0.340. The van der Waals surface area contributed by atoms with Gasteiger partial charge in [0.05, 0.1) is 30.7 Å². The number of allylic oxidation sites excluding steroid dienone is 2. The molecule has 1 N–H and O–H groups in total. The van der Waals surface area contributed by atoms with Crippen molar-refractivity contribution in [2.24, 2.45) is 45.3 Å². The van der Waals surface area contributed by atoms with Gasteiger partial charge in [-0.05, 0) is 126 Å². The van der Waals surface area contributed by atoms with Gasteiger partial charge in [0.15, 0.2) is 9.84 Å². The topological polar surface area (TPSA) is 92.8 Å². The Labute approximate surface area is 288 Å². The van der Waals surface area contributed by atoms with Crippen LogP contribution in [0, 0.1) is 45.3 Å². The molecule has 6 aliphatic rings. The van der Waals surface area contributed by atoms with Crippen LogP contribution in [0.5, 0.6) is 0 Å². The van der Waals surface area contributed by atoms with Crippen LogP contribution in [0.2, 0.25) is 0 Å².